The molecule has 0 spiro atoms. The summed E-state index contributed by atoms with van der Waals surface area (Å²) in [5.41, 5.74) is 0. The van der Waals surface area contributed by atoms with Gasteiger partial charge in [-0.3, -0.25) is 4.79 Å². The highest BCUT2D eigenvalue weighted by atomic mass is 32.2. The second-order valence-corrected chi connectivity index (χ2v) is 8.79. The van der Waals surface area contributed by atoms with Gasteiger partial charge in [0.2, 0.25) is 5.91 Å². The van der Waals surface area contributed by atoms with Gasteiger partial charge in [-0.2, -0.15) is 28.8 Å². The Morgan fingerprint density at radius 2 is 1.95 bits per heavy atom. The molecule has 0 radical (unpaired) electrons. The molecular weight excluding hydrogens is 312 g/mol. The average Bonchev–Trinajstić information content (AvgIpc) is 2.48. The van der Waals surface area contributed by atoms with Crippen molar-refractivity contribution in [2.75, 3.05) is 58.3 Å². The molecule has 1 atom stereocenters. The van der Waals surface area contributed by atoms with Crippen LogP contribution in [0.2, 0.25) is 0 Å². The molecule has 0 saturated carbocycles. The summed E-state index contributed by atoms with van der Waals surface area (Å²) in [5.74, 6) is 2.20. The second-order valence-electron chi connectivity index (χ2n) is 5.50. The van der Waals surface area contributed by atoms with E-state index in [-0.39, 0.29) is 11.9 Å². The van der Waals surface area contributed by atoms with Crippen molar-refractivity contribution < 1.29 is 13.2 Å². The number of amides is 1. The minimum absolute atomic E-state index is 0.122. The van der Waals surface area contributed by atoms with Crippen LogP contribution in [-0.2, 0) is 15.0 Å². The number of carbonyl (C=O) groups is 1. The van der Waals surface area contributed by atoms with Crippen LogP contribution in [0.1, 0.15) is 6.42 Å². The molecule has 7 nitrogen and oxygen atoms in total. The quantitative estimate of drug-likeness (QED) is 0.715. The van der Waals surface area contributed by atoms with Gasteiger partial charge in [0, 0.05) is 70.8 Å². The highest BCUT2D eigenvalue weighted by Crippen LogP contribution is 2.14. The molecule has 0 aromatic carbocycles. The maximum Gasteiger partial charge on any atom is 0.281 e. The van der Waals surface area contributed by atoms with E-state index in [4.69, 9.17) is 0 Å². The highest BCUT2D eigenvalue weighted by molar-refractivity contribution is 7.99. The molecule has 2 aliphatic rings. The number of hydrogen-bond donors (Lipinski definition) is 1. The van der Waals surface area contributed by atoms with E-state index in [9.17, 15) is 13.2 Å². The Kier molecular flexibility index (Phi) is 5.89. The first-order valence-electron chi connectivity index (χ1n) is 7.18. The average molecular weight is 336 g/mol. The van der Waals surface area contributed by atoms with E-state index in [0.29, 0.717) is 32.6 Å². The van der Waals surface area contributed by atoms with Gasteiger partial charge < -0.3 is 10.2 Å². The van der Waals surface area contributed by atoms with E-state index in [2.05, 4.69) is 5.32 Å². The molecule has 2 rings (SSSR count). The van der Waals surface area contributed by atoms with Crippen LogP contribution < -0.4 is 5.32 Å². The Morgan fingerprint density at radius 1 is 1.29 bits per heavy atom. The van der Waals surface area contributed by atoms with E-state index in [1.807, 2.05) is 11.8 Å². The Hall–Kier alpha value is -0.350. The van der Waals surface area contributed by atoms with Crippen molar-refractivity contribution in [3.8, 4) is 0 Å². The molecule has 2 aliphatic heterocycles. The van der Waals surface area contributed by atoms with Crippen molar-refractivity contribution in [3.63, 3.8) is 0 Å². The Balaban J connectivity index is 1.82. The second kappa shape index (κ2) is 7.28. The fourth-order valence-electron chi connectivity index (χ4n) is 2.49. The molecule has 9 heteroatoms. The molecule has 0 aromatic heterocycles. The first-order chi connectivity index (χ1) is 9.91. The summed E-state index contributed by atoms with van der Waals surface area (Å²) in [4.78, 5) is 14.0. The van der Waals surface area contributed by atoms with E-state index >= 15 is 0 Å². The van der Waals surface area contributed by atoms with E-state index in [1.54, 1.807) is 4.90 Å². The molecule has 2 fully saturated rings. The molecule has 0 bridgehead atoms. The normalized spacial score (nSPS) is 25.3. The molecule has 0 aromatic rings. The zero-order valence-corrected chi connectivity index (χ0v) is 14.3. The predicted molar refractivity (Wildman–Crippen MR) is 84.5 cm³/mol. The number of hydrogen-bond acceptors (Lipinski definition) is 5. The fraction of sp³-hybridized carbons (Fsp3) is 0.917. The number of carbonyl (C=O) groups excluding carboxylic acids is 1. The number of nitrogens with one attached hydrogen (secondary N) is 1. The van der Waals surface area contributed by atoms with Crippen LogP contribution in [0.25, 0.3) is 0 Å². The van der Waals surface area contributed by atoms with E-state index < -0.39 is 10.2 Å². The number of piperazine rings is 1. The van der Waals surface area contributed by atoms with Gasteiger partial charge in [-0.25, -0.2) is 0 Å². The van der Waals surface area contributed by atoms with Crippen molar-refractivity contribution in [2.24, 2.45) is 0 Å². The lowest BCUT2D eigenvalue weighted by Gasteiger charge is -2.36. The summed E-state index contributed by atoms with van der Waals surface area (Å²) >= 11 is 1.87. The van der Waals surface area contributed by atoms with Gasteiger partial charge in [0.25, 0.3) is 10.2 Å². The van der Waals surface area contributed by atoms with Crippen LogP contribution in [0.15, 0.2) is 0 Å². The van der Waals surface area contributed by atoms with Crippen molar-refractivity contribution in [1.29, 1.82) is 0 Å². The van der Waals surface area contributed by atoms with E-state index in [1.165, 1.54) is 22.7 Å². The molecule has 1 N–H and O–H groups in total. The first-order valence-corrected chi connectivity index (χ1v) is 9.73. The Bertz CT molecular complexity index is 455. The Labute approximate surface area is 131 Å². The SMILES string of the molecule is CN(C)S(=O)(=O)N1CCN(C(=O)CC2CSCCN2)CC1. The standard InChI is InChI=1S/C12H24N4O3S2/c1-14(2)21(18,19)16-6-4-15(5-7-16)12(17)9-11-10-20-8-3-13-11/h11,13H,3-10H2,1-2H3. The lowest BCUT2D eigenvalue weighted by atomic mass is 10.2. The third-order valence-electron chi connectivity index (χ3n) is 3.80. The molecule has 2 saturated heterocycles. The van der Waals surface area contributed by atoms with Crippen LogP contribution in [0, 0.1) is 0 Å². The van der Waals surface area contributed by atoms with Gasteiger partial charge >= 0.3 is 0 Å². The number of rotatable bonds is 4. The van der Waals surface area contributed by atoms with Crippen LogP contribution in [-0.4, -0.2) is 92.2 Å². The van der Waals surface area contributed by atoms with Gasteiger partial charge in [0.1, 0.15) is 0 Å². The number of nitrogens with zero attached hydrogens (tertiary/aromatic N) is 3. The maximum absolute atomic E-state index is 12.3. The molecule has 21 heavy (non-hydrogen) atoms. The van der Waals surface area contributed by atoms with Crippen molar-refractivity contribution in [1.82, 2.24) is 18.8 Å². The summed E-state index contributed by atoms with van der Waals surface area (Å²) in [7, 11) is -0.309. The monoisotopic (exact) mass is 336 g/mol. The van der Waals surface area contributed by atoms with Crippen LogP contribution in [0.3, 0.4) is 0 Å². The van der Waals surface area contributed by atoms with Crippen LogP contribution >= 0.6 is 11.8 Å². The summed E-state index contributed by atoms with van der Waals surface area (Å²) in [5, 5.41) is 3.36. The summed E-state index contributed by atoms with van der Waals surface area (Å²) < 4.78 is 26.7. The summed E-state index contributed by atoms with van der Waals surface area (Å²) in [6.07, 6.45) is 0.507. The zero-order valence-electron chi connectivity index (χ0n) is 12.6. The third-order valence-corrected chi connectivity index (χ3v) is 6.87. The van der Waals surface area contributed by atoms with Crippen molar-refractivity contribution in [3.05, 3.63) is 0 Å². The molecular formula is C12H24N4O3S2. The van der Waals surface area contributed by atoms with Gasteiger partial charge in [-0.15, -0.1) is 0 Å². The van der Waals surface area contributed by atoms with Gasteiger partial charge in [0.15, 0.2) is 0 Å². The maximum atomic E-state index is 12.3. The van der Waals surface area contributed by atoms with Gasteiger partial charge in [-0.1, -0.05) is 0 Å². The largest absolute Gasteiger partial charge is 0.340 e. The minimum Gasteiger partial charge on any atom is -0.340 e. The zero-order chi connectivity index (χ0) is 15.5. The predicted octanol–water partition coefficient (Wildman–Crippen LogP) is -0.968. The van der Waals surface area contributed by atoms with Gasteiger partial charge in [0.05, 0.1) is 0 Å². The minimum atomic E-state index is -3.36. The number of thioether (sulfide) groups is 1. The Morgan fingerprint density at radius 3 is 2.48 bits per heavy atom. The van der Waals surface area contributed by atoms with Crippen LogP contribution in [0.4, 0.5) is 0 Å². The third kappa shape index (κ3) is 4.32. The van der Waals surface area contributed by atoms with Crippen LogP contribution in [0.5, 0.6) is 0 Å². The van der Waals surface area contributed by atoms with Crippen molar-refractivity contribution in [2.45, 2.75) is 12.5 Å². The highest BCUT2D eigenvalue weighted by Gasteiger charge is 2.30. The molecule has 122 valence electrons. The molecule has 0 aliphatic carbocycles. The fourth-order valence-corrected chi connectivity index (χ4v) is 4.53. The van der Waals surface area contributed by atoms with Crippen molar-refractivity contribution >= 4 is 27.9 Å². The van der Waals surface area contributed by atoms with E-state index in [0.717, 1.165) is 18.1 Å². The summed E-state index contributed by atoms with van der Waals surface area (Å²) in [6, 6.07) is 0.250. The lowest BCUT2D eigenvalue weighted by molar-refractivity contribution is -0.132. The first kappa shape index (κ1) is 17.0. The molecule has 2 heterocycles. The topological polar surface area (TPSA) is 73.0 Å². The van der Waals surface area contributed by atoms with Gasteiger partial charge in [-0.05, 0) is 0 Å². The summed E-state index contributed by atoms with van der Waals surface area (Å²) in [6.45, 7) is 2.66. The lowest BCUT2D eigenvalue weighted by Crippen LogP contribution is -2.54. The molecule has 1 amide bonds. The smallest absolute Gasteiger partial charge is 0.281 e. The molecule has 1 unspecified atom stereocenters.